The normalized spacial score (nSPS) is 11.9. The average molecular weight is 235 g/mol. The first-order chi connectivity index (χ1) is 7.80. The Morgan fingerprint density at radius 3 is 2.65 bits per heavy atom. The van der Waals surface area contributed by atoms with Gasteiger partial charge in [-0.1, -0.05) is 0 Å². The SMILES string of the molecule is CC(C)(C)n1ncc2cc(C(=O)O)c(=O)[nH]c21. The summed E-state index contributed by atoms with van der Waals surface area (Å²) in [5.74, 6) is -1.24. The molecule has 0 spiro atoms. The zero-order valence-corrected chi connectivity index (χ0v) is 9.81. The third-order valence-corrected chi connectivity index (χ3v) is 2.44. The Kier molecular flexibility index (Phi) is 2.30. The van der Waals surface area contributed by atoms with Gasteiger partial charge in [0.05, 0.1) is 11.7 Å². The van der Waals surface area contributed by atoms with Crippen LogP contribution in [0, 0.1) is 0 Å². The van der Waals surface area contributed by atoms with Crippen molar-refractivity contribution in [3.05, 3.63) is 28.2 Å². The van der Waals surface area contributed by atoms with E-state index in [-0.39, 0.29) is 11.1 Å². The number of rotatable bonds is 1. The number of carboxylic acids is 1. The van der Waals surface area contributed by atoms with Gasteiger partial charge in [0.25, 0.3) is 5.56 Å². The summed E-state index contributed by atoms with van der Waals surface area (Å²) in [4.78, 5) is 25.0. The minimum Gasteiger partial charge on any atom is -0.477 e. The van der Waals surface area contributed by atoms with E-state index >= 15 is 0 Å². The highest BCUT2D eigenvalue weighted by molar-refractivity contribution is 5.91. The van der Waals surface area contributed by atoms with E-state index in [2.05, 4.69) is 10.1 Å². The maximum atomic E-state index is 11.6. The van der Waals surface area contributed by atoms with E-state index < -0.39 is 11.5 Å². The maximum absolute atomic E-state index is 11.6. The minimum absolute atomic E-state index is 0.272. The van der Waals surface area contributed by atoms with Crippen molar-refractivity contribution in [2.75, 3.05) is 0 Å². The Hall–Kier alpha value is -2.11. The van der Waals surface area contributed by atoms with Gasteiger partial charge >= 0.3 is 5.97 Å². The lowest BCUT2D eigenvalue weighted by Gasteiger charge is -2.19. The number of carboxylic acid groups (broad SMARTS) is 1. The maximum Gasteiger partial charge on any atom is 0.341 e. The summed E-state index contributed by atoms with van der Waals surface area (Å²) in [5.41, 5.74) is -0.635. The molecule has 2 aromatic heterocycles. The number of carbonyl (C=O) groups is 1. The van der Waals surface area contributed by atoms with Gasteiger partial charge in [-0.3, -0.25) is 4.79 Å². The monoisotopic (exact) mass is 235 g/mol. The van der Waals surface area contributed by atoms with Gasteiger partial charge in [0.2, 0.25) is 0 Å². The summed E-state index contributed by atoms with van der Waals surface area (Å²) < 4.78 is 1.66. The summed E-state index contributed by atoms with van der Waals surface area (Å²) in [6.07, 6.45) is 1.54. The van der Waals surface area contributed by atoms with E-state index in [9.17, 15) is 9.59 Å². The fourth-order valence-corrected chi connectivity index (χ4v) is 1.66. The lowest BCUT2D eigenvalue weighted by Crippen LogP contribution is -2.25. The fraction of sp³-hybridized carbons (Fsp3) is 0.364. The van der Waals surface area contributed by atoms with Crippen molar-refractivity contribution in [1.82, 2.24) is 14.8 Å². The van der Waals surface area contributed by atoms with Crippen LogP contribution in [-0.2, 0) is 5.54 Å². The summed E-state index contributed by atoms with van der Waals surface area (Å²) >= 11 is 0. The molecule has 0 saturated heterocycles. The molecule has 0 amide bonds. The lowest BCUT2D eigenvalue weighted by molar-refractivity contribution is 0.0695. The summed E-state index contributed by atoms with van der Waals surface area (Å²) in [6.45, 7) is 5.84. The smallest absolute Gasteiger partial charge is 0.341 e. The first-order valence-electron chi connectivity index (χ1n) is 5.15. The van der Waals surface area contributed by atoms with Gasteiger partial charge in [-0.25, -0.2) is 9.48 Å². The molecule has 6 heteroatoms. The van der Waals surface area contributed by atoms with Gasteiger partial charge in [-0.15, -0.1) is 0 Å². The molecule has 0 aliphatic rings. The molecule has 90 valence electrons. The Morgan fingerprint density at radius 1 is 1.47 bits per heavy atom. The molecule has 6 nitrogen and oxygen atoms in total. The number of hydrogen-bond acceptors (Lipinski definition) is 3. The van der Waals surface area contributed by atoms with Crippen LogP contribution in [-0.4, -0.2) is 25.8 Å². The molecule has 2 heterocycles. The first kappa shape index (κ1) is 11.4. The quantitative estimate of drug-likeness (QED) is 0.776. The lowest BCUT2D eigenvalue weighted by atomic mass is 10.1. The summed E-state index contributed by atoms with van der Waals surface area (Å²) in [5, 5.41) is 13.6. The molecule has 0 aliphatic carbocycles. The third-order valence-electron chi connectivity index (χ3n) is 2.44. The highest BCUT2D eigenvalue weighted by Crippen LogP contribution is 2.19. The van der Waals surface area contributed by atoms with Crippen molar-refractivity contribution in [3.63, 3.8) is 0 Å². The second-order valence-corrected chi connectivity index (χ2v) is 4.85. The van der Waals surface area contributed by atoms with Gasteiger partial charge in [0.1, 0.15) is 11.2 Å². The van der Waals surface area contributed by atoms with Crippen molar-refractivity contribution in [2.45, 2.75) is 26.3 Å². The second-order valence-electron chi connectivity index (χ2n) is 4.85. The topological polar surface area (TPSA) is 88.0 Å². The molecule has 2 rings (SSSR count). The molecule has 2 N–H and O–H groups in total. The molecular formula is C11H13N3O3. The van der Waals surface area contributed by atoms with Crippen molar-refractivity contribution in [2.24, 2.45) is 0 Å². The van der Waals surface area contributed by atoms with Crippen LogP contribution in [0.1, 0.15) is 31.1 Å². The standard InChI is InChI=1S/C11H13N3O3/c1-11(2,3)14-8-6(5-12-14)4-7(10(16)17)9(15)13-8/h4-5H,1-3H3,(H,13,15)(H,16,17). The van der Waals surface area contributed by atoms with Gasteiger partial charge in [-0.05, 0) is 26.8 Å². The third kappa shape index (κ3) is 1.82. The van der Waals surface area contributed by atoms with E-state index in [1.807, 2.05) is 20.8 Å². The average Bonchev–Trinajstić information content (AvgIpc) is 2.57. The number of aromatic amines is 1. The summed E-state index contributed by atoms with van der Waals surface area (Å²) in [7, 11) is 0. The number of nitrogens with zero attached hydrogens (tertiary/aromatic N) is 2. The van der Waals surface area contributed by atoms with Crippen LogP contribution in [0.3, 0.4) is 0 Å². The van der Waals surface area contributed by atoms with E-state index in [4.69, 9.17) is 5.11 Å². The number of nitrogens with one attached hydrogen (secondary N) is 1. The van der Waals surface area contributed by atoms with Gasteiger partial charge < -0.3 is 10.1 Å². The van der Waals surface area contributed by atoms with Crippen LogP contribution < -0.4 is 5.56 Å². The Labute approximate surface area is 96.9 Å². The molecule has 0 atom stereocenters. The van der Waals surface area contributed by atoms with Crippen molar-refractivity contribution in [3.8, 4) is 0 Å². The predicted octanol–water partition coefficient (Wildman–Crippen LogP) is 1.18. The Balaban J connectivity index is 2.78. The largest absolute Gasteiger partial charge is 0.477 e. The second kappa shape index (κ2) is 3.44. The predicted molar refractivity (Wildman–Crippen MR) is 62.3 cm³/mol. The zero-order chi connectivity index (χ0) is 12.8. The molecule has 2 aromatic rings. The van der Waals surface area contributed by atoms with E-state index in [0.717, 1.165) is 0 Å². The number of pyridine rings is 1. The fourth-order valence-electron chi connectivity index (χ4n) is 1.66. The highest BCUT2D eigenvalue weighted by Gasteiger charge is 2.19. The van der Waals surface area contributed by atoms with E-state index in [0.29, 0.717) is 11.0 Å². The number of hydrogen-bond donors (Lipinski definition) is 2. The molecule has 0 radical (unpaired) electrons. The molecule has 0 fully saturated rings. The molecule has 0 unspecified atom stereocenters. The summed E-state index contributed by atoms with van der Waals surface area (Å²) in [6, 6.07) is 1.34. The van der Waals surface area contributed by atoms with E-state index in [1.54, 1.807) is 10.9 Å². The van der Waals surface area contributed by atoms with Crippen molar-refractivity contribution >= 4 is 17.0 Å². The van der Waals surface area contributed by atoms with Crippen LogP contribution in [0.4, 0.5) is 0 Å². The number of aromatic carboxylic acids is 1. The number of aromatic nitrogens is 3. The van der Waals surface area contributed by atoms with Crippen LogP contribution in [0.15, 0.2) is 17.1 Å². The highest BCUT2D eigenvalue weighted by atomic mass is 16.4. The van der Waals surface area contributed by atoms with Crippen molar-refractivity contribution < 1.29 is 9.90 Å². The van der Waals surface area contributed by atoms with Crippen LogP contribution in [0.25, 0.3) is 11.0 Å². The molecule has 0 aliphatic heterocycles. The van der Waals surface area contributed by atoms with Crippen molar-refractivity contribution in [1.29, 1.82) is 0 Å². The molecule has 0 aromatic carbocycles. The van der Waals surface area contributed by atoms with Gasteiger partial charge in [0, 0.05) is 5.39 Å². The molecular weight excluding hydrogens is 222 g/mol. The number of H-pyrrole nitrogens is 1. The van der Waals surface area contributed by atoms with Crippen LogP contribution >= 0.6 is 0 Å². The minimum atomic E-state index is -1.24. The molecule has 0 bridgehead atoms. The molecule has 17 heavy (non-hydrogen) atoms. The van der Waals surface area contributed by atoms with E-state index in [1.165, 1.54) is 6.07 Å². The molecule has 0 saturated carbocycles. The van der Waals surface area contributed by atoms with Crippen LogP contribution in [0.5, 0.6) is 0 Å². The zero-order valence-electron chi connectivity index (χ0n) is 9.81. The Bertz CT molecular complexity index is 646. The van der Waals surface area contributed by atoms with Gasteiger partial charge in [-0.2, -0.15) is 5.10 Å². The van der Waals surface area contributed by atoms with Crippen LogP contribution in [0.2, 0.25) is 0 Å². The number of fused-ring (bicyclic) bond motifs is 1. The van der Waals surface area contributed by atoms with Gasteiger partial charge in [0.15, 0.2) is 0 Å². The Morgan fingerprint density at radius 2 is 2.12 bits per heavy atom. The first-order valence-corrected chi connectivity index (χ1v) is 5.15.